The Balaban J connectivity index is 2.27. The van der Waals surface area contributed by atoms with Crippen LogP contribution in [0.1, 0.15) is 11.3 Å². The van der Waals surface area contributed by atoms with E-state index in [1.165, 1.54) is 12.1 Å². The average Bonchev–Trinajstić information content (AvgIpc) is 2.73. The molecule has 94 valence electrons. The van der Waals surface area contributed by atoms with E-state index >= 15 is 0 Å². The topological polar surface area (TPSA) is 65.2 Å². The van der Waals surface area contributed by atoms with Crippen LogP contribution < -0.4 is 0 Å². The van der Waals surface area contributed by atoms with Gasteiger partial charge in [0.1, 0.15) is 17.3 Å². The number of hydrogen-bond acceptors (Lipinski definition) is 5. The molecule has 0 aliphatic rings. The number of carbonyl (C=O) groups is 1. The third-order valence-electron chi connectivity index (χ3n) is 2.49. The maximum absolute atomic E-state index is 12.8. The fourth-order valence-corrected chi connectivity index (χ4v) is 1.61. The van der Waals surface area contributed by atoms with Gasteiger partial charge in [-0.2, -0.15) is 0 Å². The van der Waals surface area contributed by atoms with Crippen LogP contribution in [-0.4, -0.2) is 23.2 Å². The van der Waals surface area contributed by atoms with Crippen LogP contribution in [0, 0.1) is 12.7 Å². The molecule has 2 aromatic rings. The molecule has 2 rings (SSSR count). The highest BCUT2D eigenvalue weighted by Crippen LogP contribution is 2.24. The molecule has 0 saturated heterocycles. The van der Waals surface area contributed by atoms with E-state index < -0.39 is 5.82 Å². The van der Waals surface area contributed by atoms with Crippen molar-refractivity contribution in [2.24, 2.45) is 0 Å². The Hall–Kier alpha value is -2.24. The molecular weight excluding hydrogens is 239 g/mol. The molecule has 0 aromatic carbocycles. The lowest BCUT2D eigenvalue weighted by molar-refractivity contribution is -0.128. The average molecular weight is 250 g/mol. The van der Waals surface area contributed by atoms with Crippen molar-refractivity contribution in [3.8, 4) is 11.4 Å². The molecular formula is C12H11FN2O3. The molecule has 6 heteroatoms. The standard InChI is InChI=1S/C12H11FN2O3/c1-8-10(4-5-17-7-16)12(15-18-8)11-3-2-9(13)6-14-11/h2-3,6-7H,4-5H2,1H3. The van der Waals surface area contributed by atoms with Gasteiger partial charge in [-0.15, -0.1) is 0 Å². The number of hydrogen-bond donors (Lipinski definition) is 0. The second-order valence-corrected chi connectivity index (χ2v) is 3.64. The lowest BCUT2D eigenvalue weighted by Gasteiger charge is -2.01. The Morgan fingerprint density at radius 3 is 3.00 bits per heavy atom. The molecule has 0 bridgehead atoms. The van der Waals surface area contributed by atoms with Crippen LogP contribution in [0.15, 0.2) is 22.9 Å². The predicted molar refractivity (Wildman–Crippen MR) is 60.1 cm³/mol. The number of aryl methyl sites for hydroxylation is 1. The summed E-state index contributed by atoms with van der Waals surface area (Å²) >= 11 is 0. The number of carbonyl (C=O) groups excluding carboxylic acids is 1. The molecule has 0 spiro atoms. The number of aromatic nitrogens is 2. The van der Waals surface area contributed by atoms with E-state index in [0.29, 0.717) is 30.0 Å². The SMILES string of the molecule is Cc1onc(-c2ccc(F)cn2)c1CCOC=O. The first-order valence-electron chi connectivity index (χ1n) is 5.34. The van der Waals surface area contributed by atoms with Gasteiger partial charge in [-0.1, -0.05) is 5.16 Å². The van der Waals surface area contributed by atoms with E-state index in [1.54, 1.807) is 6.92 Å². The molecule has 0 unspecified atom stereocenters. The van der Waals surface area contributed by atoms with E-state index in [-0.39, 0.29) is 6.61 Å². The first-order valence-corrected chi connectivity index (χ1v) is 5.34. The summed E-state index contributed by atoms with van der Waals surface area (Å²) in [6, 6.07) is 2.83. The molecule has 0 saturated carbocycles. The summed E-state index contributed by atoms with van der Waals surface area (Å²) in [5.74, 6) is 0.218. The Morgan fingerprint density at radius 2 is 2.33 bits per heavy atom. The highest BCUT2D eigenvalue weighted by Gasteiger charge is 2.15. The van der Waals surface area contributed by atoms with Crippen LogP contribution >= 0.6 is 0 Å². The zero-order valence-electron chi connectivity index (χ0n) is 9.72. The minimum atomic E-state index is -0.412. The van der Waals surface area contributed by atoms with Crippen molar-refractivity contribution in [2.75, 3.05) is 6.61 Å². The largest absolute Gasteiger partial charge is 0.468 e. The van der Waals surface area contributed by atoms with E-state index in [2.05, 4.69) is 14.9 Å². The van der Waals surface area contributed by atoms with Gasteiger partial charge in [-0.3, -0.25) is 9.78 Å². The molecule has 0 N–H and O–H groups in total. The summed E-state index contributed by atoms with van der Waals surface area (Å²) in [6.45, 7) is 2.38. The monoisotopic (exact) mass is 250 g/mol. The quantitative estimate of drug-likeness (QED) is 0.599. The Kier molecular flexibility index (Phi) is 3.66. The van der Waals surface area contributed by atoms with Gasteiger partial charge in [0.05, 0.1) is 18.5 Å². The lowest BCUT2D eigenvalue weighted by Crippen LogP contribution is -1.99. The number of rotatable bonds is 5. The number of ether oxygens (including phenoxy) is 1. The first kappa shape index (κ1) is 12.2. The van der Waals surface area contributed by atoms with Gasteiger partial charge in [0.15, 0.2) is 0 Å². The van der Waals surface area contributed by atoms with Gasteiger partial charge in [0.25, 0.3) is 6.47 Å². The molecule has 0 radical (unpaired) electrons. The number of nitrogens with zero attached hydrogens (tertiary/aromatic N) is 2. The van der Waals surface area contributed by atoms with Crippen molar-refractivity contribution in [1.29, 1.82) is 0 Å². The summed E-state index contributed by atoms with van der Waals surface area (Å²) < 4.78 is 22.5. The Labute approximate surface area is 103 Å². The summed E-state index contributed by atoms with van der Waals surface area (Å²) in [6.07, 6.45) is 1.59. The molecule has 2 aromatic heterocycles. The van der Waals surface area contributed by atoms with Crippen LogP contribution in [0.3, 0.4) is 0 Å². The smallest absolute Gasteiger partial charge is 0.293 e. The third-order valence-corrected chi connectivity index (χ3v) is 2.49. The highest BCUT2D eigenvalue weighted by molar-refractivity contribution is 5.59. The van der Waals surface area contributed by atoms with Crippen LogP contribution in [0.4, 0.5) is 4.39 Å². The number of halogens is 1. The van der Waals surface area contributed by atoms with Crippen LogP contribution in [0.5, 0.6) is 0 Å². The predicted octanol–water partition coefficient (Wildman–Crippen LogP) is 1.90. The van der Waals surface area contributed by atoms with Crippen molar-refractivity contribution in [3.05, 3.63) is 35.5 Å². The Bertz CT molecular complexity index is 537. The van der Waals surface area contributed by atoms with Crippen molar-refractivity contribution in [2.45, 2.75) is 13.3 Å². The second-order valence-electron chi connectivity index (χ2n) is 3.64. The summed E-state index contributed by atoms with van der Waals surface area (Å²) in [4.78, 5) is 14.0. The van der Waals surface area contributed by atoms with Crippen LogP contribution in [0.2, 0.25) is 0 Å². The van der Waals surface area contributed by atoms with Gasteiger partial charge in [-0.05, 0) is 19.1 Å². The van der Waals surface area contributed by atoms with E-state index in [1.807, 2.05) is 0 Å². The summed E-state index contributed by atoms with van der Waals surface area (Å²) in [5.41, 5.74) is 1.87. The van der Waals surface area contributed by atoms with Gasteiger partial charge in [0, 0.05) is 12.0 Å². The minimum absolute atomic E-state index is 0.236. The van der Waals surface area contributed by atoms with Gasteiger partial charge < -0.3 is 9.26 Å². The molecule has 0 fully saturated rings. The summed E-state index contributed by atoms with van der Waals surface area (Å²) in [7, 11) is 0. The molecule has 5 nitrogen and oxygen atoms in total. The maximum atomic E-state index is 12.8. The van der Waals surface area contributed by atoms with Crippen molar-refractivity contribution in [1.82, 2.24) is 10.1 Å². The molecule has 2 heterocycles. The fraction of sp³-hybridized carbons (Fsp3) is 0.250. The maximum Gasteiger partial charge on any atom is 0.293 e. The lowest BCUT2D eigenvalue weighted by atomic mass is 10.1. The molecule has 0 atom stereocenters. The first-order chi connectivity index (χ1) is 8.72. The molecule has 0 amide bonds. The highest BCUT2D eigenvalue weighted by atomic mass is 19.1. The van der Waals surface area contributed by atoms with E-state index in [9.17, 15) is 9.18 Å². The van der Waals surface area contributed by atoms with Crippen LogP contribution in [-0.2, 0) is 16.0 Å². The normalized spacial score (nSPS) is 10.3. The van der Waals surface area contributed by atoms with E-state index in [4.69, 9.17) is 4.52 Å². The second kappa shape index (κ2) is 5.39. The van der Waals surface area contributed by atoms with Crippen LogP contribution in [0.25, 0.3) is 11.4 Å². The zero-order chi connectivity index (χ0) is 13.0. The minimum Gasteiger partial charge on any atom is -0.468 e. The van der Waals surface area contributed by atoms with Crippen molar-refractivity contribution >= 4 is 6.47 Å². The molecule has 0 aliphatic heterocycles. The number of pyridine rings is 1. The molecule has 18 heavy (non-hydrogen) atoms. The van der Waals surface area contributed by atoms with E-state index in [0.717, 1.165) is 11.8 Å². The van der Waals surface area contributed by atoms with Crippen molar-refractivity contribution < 1.29 is 18.4 Å². The molecule has 0 aliphatic carbocycles. The van der Waals surface area contributed by atoms with Gasteiger partial charge in [0.2, 0.25) is 0 Å². The zero-order valence-corrected chi connectivity index (χ0v) is 9.72. The van der Waals surface area contributed by atoms with Gasteiger partial charge in [-0.25, -0.2) is 4.39 Å². The summed E-state index contributed by atoms with van der Waals surface area (Å²) in [5, 5.41) is 3.89. The fourth-order valence-electron chi connectivity index (χ4n) is 1.61. The Morgan fingerprint density at radius 1 is 1.50 bits per heavy atom. The van der Waals surface area contributed by atoms with Crippen molar-refractivity contribution in [3.63, 3.8) is 0 Å². The van der Waals surface area contributed by atoms with Gasteiger partial charge >= 0.3 is 0 Å². The third kappa shape index (κ3) is 2.53.